The van der Waals surface area contributed by atoms with Crippen LogP contribution in [0.3, 0.4) is 0 Å². The van der Waals surface area contributed by atoms with Gasteiger partial charge in [0.1, 0.15) is 5.56 Å². The summed E-state index contributed by atoms with van der Waals surface area (Å²) in [6, 6.07) is 3.82. The van der Waals surface area contributed by atoms with Crippen molar-refractivity contribution in [1.82, 2.24) is 9.13 Å². The molecule has 1 heterocycles. The van der Waals surface area contributed by atoms with Crippen molar-refractivity contribution in [2.24, 2.45) is 14.1 Å². The fraction of sp³-hybridized carbons (Fsp3) is 0.312. The molecule has 5 nitrogen and oxygen atoms in total. The minimum Gasteiger partial charge on any atom is -0.303 e. The lowest BCUT2D eigenvalue weighted by atomic mass is 9.94. The quantitative estimate of drug-likeness (QED) is 0.780. The summed E-state index contributed by atoms with van der Waals surface area (Å²) in [6.45, 7) is 5.65. The first-order valence-electron chi connectivity index (χ1n) is 6.63. The van der Waals surface area contributed by atoms with Crippen molar-refractivity contribution in [3.05, 3.63) is 67.0 Å². The summed E-state index contributed by atoms with van der Waals surface area (Å²) in [6.07, 6.45) is 1.31. The van der Waals surface area contributed by atoms with Crippen molar-refractivity contribution in [3.8, 4) is 0 Å². The summed E-state index contributed by atoms with van der Waals surface area (Å²) in [5.41, 5.74) is 2.24. The summed E-state index contributed by atoms with van der Waals surface area (Å²) < 4.78 is 2.19. The van der Waals surface area contributed by atoms with Crippen LogP contribution in [0.25, 0.3) is 0 Å². The van der Waals surface area contributed by atoms with E-state index in [-0.39, 0.29) is 11.3 Å². The van der Waals surface area contributed by atoms with Crippen molar-refractivity contribution in [2.45, 2.75) is 20.8 Å². The lowest BCUT2D eigenvalue weighted by molar-refractivity contribution is 0.103. The van der Waals surface area contributed by atoms with Gasteiger partial charge in [0.2, 0.25) is 5.78 Å². The molecule has 0 bridgehead atoms. The van der Waals surface area contributed by atoms with Gasteiger partial charge < -0.3 is 4.57 Å². The number of hydrogen-bond donors (Lipinski definition) is 0. The van der Waals surface area contributed by atoms with Gasteiger partial charge in [-0.2, -0.15) is 0 Å². The monoisotopic (exact) mass is 286 g/mol. The number of aryl methyl sites for hydroxylation is 4. The van der Waals surface area contributed by atoms with Crippen molar-refractivity contribution in [3.63, 3.8) is 0 Å². The van der Waals surface area contributed by atoms with Gasteiger partial charge >= 0.3 is 5.69 Å². The average molecular weight is 286 g/mol. The zero-order valence-electron chi connectivity index (χ0n) is 12.9. The Kier molecular flexibility index (Phi) is 3.68. The average Bonchev–Trinajstić information content (AvgIpc) is 2.39. The van der Waals surface area contributed by atoms with Crippen molar-refractivity contribution in [2.75, 3.05) is 0 Å². The maximum Gasteiger partial charge on any atom is 0.330 e. The molecule has 5 heteroatoms. The number of rotatable bonds is 2. The second-order valence-corrected chi connectivity index (χ2v) is 5.40. The van der Waals surface area contributed by atoms with E-state index in [2.05, 4.69) is 0 Å². The molecule has 0 amide bonds. The van der Waals surface area contributed by atoms with Gasteiger partial charge in [0.25, 0.3) is 5.56 Å². The molecule has 0 aliphatic heterocycles. The molecule has 0 saturated heterocycles. The highest BCUT2D eigenvalue weighted by Crippen LogP contribution is 2.18. The molecule has 0 radical (unpaired) electrons. The zero-order valence-corrected chi connectivity index (χ0v) is 12.9. The van der Waals surface area contributed by atoms with Crippen LogP contribution in [0, 0.1) is 20.8 Å². The van der Waals surface area contributed by atoms with E-state index < -0.39 is 11.2 Å². The van der Waals surface area contributed by atoms with E-state index in [9.17, 15) is 14.4 Å². The Labute approximate surface area is 122 Å². The Morgan fingerprint density at radius 3 is 2.05 bits per heavy atom. The summed E-state index contributed by atoms with van der Waals surface area (Å²) in [4.78, 5) is 36.6. The Morgan fingerprint density at radius 1 is 1.00 bits per heavy atom. The molecule has 0 fully saturated rings. The van der Waals surface area contributed by atoms with Crippen molar-refractivity contribution < 1.29 is 4.79 Å². The number of benzene rings is 1. The third kappa shape index (κ3) is 2.46. The second kappa shape index (κ2) is 5.16. The molecule has 2 rings (SSSR count). The summed E-state index contributed by atoms with van der Waals surface area (Å²) >= 11 is 0. The molecule has 0 aliphatic rings. The molecular weight excluding hydrogens is 268 g/mol. The van der Waals surface area contributed by atoms with Crippen LogP contribution in [-0.2, 0) is 14.1 Å². The van der Waals surface area contributed by atoms with Gasteiger partial charge in [-0.3, -0.25) is 14.2 Å². The zero-order chi connectivity index (χ0) is 15.9. The van der Waals surface area contributed by atoms with Gasteiger partial charge in [-0.15, -0.1) is 0 Å². The third-order valence-electron chi connectivity index (χ3n) is 3.60. The van der Waals surface area contributed by atoms with E-state index in [1.54, 1.807) is 0 Å². The first-order valence-corrected chi connectivity index (χ1v) is 6.63. The van der Waals surface area contributed by atoms with Crippen LogP contribution < -0.4 is 11.2 Å². The molecule has 1 aromatic heterocycles. The second-order valence-electron chi connectivity index (χ2n) is 5.40. The Bertz CT molecular complexity index is 834. The van der Waals surface area contributed by atoms with E-state index in [4.69, 9.17) is 0 Å². The molecule has 0 unspecified atom stereocenters. The number of carbonyl (C=O) groups is 1. The molecule has 21 heavy (non-hydrogen) atoms. The Morgan fingerprint density at radius 2 is 1.52 bits per heavy atom. The molecule has 2 aromatic rings. The van der Waals surface area contributed by atoms with Gasteiger partial charge in [-0.1, -0.05) is 17.7 Å². The Hall–Kier alpha value is -2.43. The molecule has 110 valence electrons. The number of nitrogens with zero attached hydrogens (tertiary/aromatic N) is 2. The highest BCUT2D eigenvalue weighted by molar-refractivity contribution is 6.10. The van der Waals surface area contributed by atoms with Gasteiger partial charge in [-0.05, 0) is 31.9 Å². The van der Waals surface area contributed by atoms with E-state index in [1.807, 2.05) is 32.9 Å². The topological polar surface area (TPSA) is 61.1 Å². The van der Waals surface area contributed by atoms with E-state index in [1.165, 1.54) is 24.9 Å². The minimum absolute atomic E-state index is 0.00894. The van der Waals surface area contributed by atoms with E-state index in [0.29, 0.717) is 5.56 Å². The molecule has 1 aromatic carbocycles. The highest BCUT2D eigenvalue weighted by Gasteiger charge is 2.20. The van der Waals surface area contributed by atoms with Gasteiger partial charge in [0.15, 0.2) is 0 Å². The van der Waals surface area contributed by atoms with Crippen LogP contribution >= 0.6 is 0 Å². The smallest absolute Gasteiger partial charge is 0.303 e. The lowest BCUT2D eigenvalue weighted by Gasteiger charge is -2.11. The molecule has 0 spiro atoms. The van der Waals surface area contributed by atoms with E-state index >= 15 is 0 Å². The number of hydrogen-bond acceptors (Lipinski definition) is 3. The summed E-state index contributed by atoms with van der Waals surface area (Å²) in [5, 5.41) is 0. The van der Waals surface area contributed by atoms with Crippen LogP contribution in [0.2, 0.25) is 0 Å². The SMILES string of the molecule is Cc1cc(C)c(C(=O)c2cn(C)c(=O)n(C)c2=O)c(C)c1. The lowest BCUT2D eigenvalue weighted by Crippen LogP contribution is -2.39. The Balaban J connectivity index is 2.73. The normalized spacial score (nSPS) is 10.7. The summed E-state index contributed by atoms with van der Waals surface area (Å²) in [5.74, 6) is -0.346. The molecule has 0 atom stereocenters. The third-order valence-corrected chi connectivity index (χ3v) is 3.60. The molecule has 0 N–H and O–H groups in total. The maximum absolute atomic E-state index is 12.7. The molecule has 0 aliphatic carbocycles. The summed E-state index contributed by atoms with van der Waals surface area (Å²) in [7, 11) is 2.89. The predicted octanol–water partition coefficient (Wildman–Crippen LogP) is 1.24. The van der Waals surface area contributed by atoms with Crippen molar-refractivity contribution >= 4 is 5.78 Å². The minimum atomic E-state index is -0.567. The first-order chi connectivity index (χ1) is 9.73. The van der Waals surface area contributed by atoms with Crippen LogP contribution in [0.5, 0.6) is 0 Å². The van der Waals surface area contributed by atoms with Gasteiger partial charge in [-0.25, -0.2) is 4.79 Å². The van der Waals surface area contributed by atoms with Crippen LogP contribution in [0.15, 0.2) is 27.9 Å². The number of carbonyl (C=O) groups excluding carboxylic acids is 1. The van der Waals surface area contributed by atoms with Gasteiger partial charge in [0.05, 0.1) is 0 Å². The molecule has 0 saturated carbocycles. The first kappa shape index (κ1) is 15.0. The maximum atomic E-state index is 12.7. The van der Waals surface area contributed by atoms with E-state index in [0.717, 1.165) is 21.3 Å². The number of ketones is 1. The standard InChI is InChI=1S/C16H18N2O3/c1-9-6-10(2)13(11(3)7-9)14(19)12-8-17(4)16(21)18(5)15(12)20/h6-8H,1-5H3. The fourth-order valence-corrected chi connectivity index (χ4v) is 2.64. The molecular formula is C16H18N2O3. The predicted molar refractivity (Wildman–Crippen MR) is 81.0 cm³/mol. The van der Waals surface area contributed by atoms with Crippen molar-refractivity contribution in [1.29, 1.82) is 0 Å². The largest absolute Gasteiger partial charge is 0.330 e. The number of aromatic nitrogens is 2. The van der Waals surface area contributed by atoms with Crippen LogP contribution in [-0.4, -0.2) is 14.9 Å². The fourth-order valence-electron chi connectivity index (χ4n) is 2.64. The van der Waals surface area contributed by atoms with Gasteiger partial charge in [0, 0.05) is 25.9 Å². The van der Waals surface area contributed by atoms with Crippen LogP contribution in [0.4, 0.5) is 0 Å². The highest BCUT2D eigenvalue weighted by atomic mass is 16.2. The van der Waals surface area contributed by atoms with Crippen LogP contribution in [0.1, 0.15) is 32.6 Å².